The first-order valence-electron chi connectivity index (χ1n) is 5.20. The van der Waals surface area contributed by atoms with Crippen molar-refractivity contribution < 1.29 is 14.2 Å². The Morgan fingerprint density at radius 2 is 2.00 bits per heavy atom. The van der Waals surface area contributed by atoms with Crippen LogP contribution in [0.2, 0.25) is 0 Å². The highest BCUT2D eigenvalue weighted by molar-refractivity contribution is 5.82. The van der Waals surface area contributed by atoms with E-state index in [-0.39, 0.29) is 18.3 Å². The number of halogens is 1. The van der Waals surface area contributed by atoms with Gasteiger partial charge in [0.15, 0.2) is 5.03 Å². The fraction of sp³-hybridized carbons (Fsp3) is 0.200. The minimum atomic E-state index is -0.821. The quantitative estimate of drug-likeness (QED) is 0.312. The molecule has 0 aliphatic carbocycles. The van der Waals surface area contributed by atoms with Crippen molar-refractivity contribution in [2.45, 2.75) is 13.5 Å². The molecule has 0 atom stereocenters. The van der Waals surface area contributed by atoms with E-state index in [1.807, 2.05) is 0 Å². The van der Waals surface area contributed by atoms with Crippen LogP contribution in [-0.4, -0.2) is 16.9 Å². The third kappa shape index (κ3) is 5.96. The van der Waals surface area contributed by atoms with Gasteiger partial charge >= 0.3 is 0 Å². The number of aliphatic imine (C=N–C) groups is 1. The van der Waals surface area contributed by atoms with Gasteiger partial charge in [-0.2, -0.15) is 0 Å². The molecule has 3 N–H and O–H groups in total. The normalized spacial score (nSPS) is 10.7. The molecule has 9 heteroatoms. The number of guanidine groups is 1. The van der Waals surface area contributed by atoms with Crippen molar-refractivity contribution in [3.8, 4) is 0 Å². The molecule has 1 amide bonds. The van der Waals surface area contributed by atoms with Crippen LogP contribution in [0.1, 0.15) is 12.5 Å². The number of benzene rings is 1. The summed E-state index contributed by atoms with van der Waals surface area (Å²) < 4.78 is 12.7. The number of nitrogens with zero attached hydrogens (tertiary/aromatic N) is 2. The summed E-state index contributed by atoms with van der Waals surface area (Å²) in [6.45, 7) is 1.32. The average Bonchev–Trinajstić information content (AvgIpc) is 2.34. The lowest BCUT2D eigenvalue weighted by molar-refractivity contribution is -0.525. The van der Waals surface area contributed by atoms with Gasteiger partial charge in [-0.15, -0.1) is 0 Å². The predicted molar refractivity (Wildman–Crippen MR) is 64.6 cm³/mol. The Morgan fingerprint density at radius 1 is 1.37 bits per heavy atom. The summed E-state index contributed by atoms with van der Waals surface area (Å²) in [4.78, 5) is 24.9. The number of hydrogen-bond donors (Lipinski definition) is 3. The molecule has 0 unspecified atom stereocenters. The average molecular weight is 269 g/mol. The van der Waals surface area contributed by atoms with E-state index in [1.54, 1.807) is 5.43 Å². The first kappa shape index (κ1) is 14.4. The summed E-state index contributed by atoms with van der Waals surface area (Å²) in [6, 6.07) is 5.52. The lowest BCUT2D eigenvalue weighted by Crippen LogP contribution is -2.49. The van der Waals surface area contributed by atoms with E-state index in [1.165, 1.54) is 31.2 Å². The molecule has 19 heavy (non-hydrogen) atoms. The number of carbonyl (C=O) groups is 1. The molecule has 0 aromatic heterocycles. The zero-order chi connectivity index (χ0) is 14.3. The monoisotopic (exact) mass is 269 g/mol. The third-order valence-electron chi connectivity index (χ3n) is 1.89. The molecular formula is C10H12FN5O3. The number of nitrogens with one attached hydrogen (secondary N) is 3. The smallest absolute Gasteiger partial charge is 0.273 e. The van der Waals surface area contributed by atoms with Gasteiger partial charge in [0.25, 0.3) is 5.96 Å². The van der Waals surface area contributed by atoms with Gasteiger partial charge in [-0.3, -0.25) is 15.6 Å². The van der Waals surface area contributed by atoms with Gasteiger partial charge < -0.3 is 0 Å². The minimum absolute atomic E-state index is 0.0863. The van der Waals surface area contributed by atoms with Gasteiger partial charge in [-0.1, -0.05) is 17.6 Å². The number of amides is 1. The Morgan fingerprint density at radius 3 is 2.53 bits per heavy atom. The Hall–Kier alpha value is -2.71. The molecule has 0 bridgehead atoms. The van der Waals surface area contributed by atoms with Gasteiger partial charge in [0.2, 0.25) is 5.91 Å². The highest BCUT2D eigenvalue weighted by Crippen LogP contribution is 2.03. The molecule has 0 fully saturated rings. The van der Waals surface area contributed by atoms with E-state index in [0.29, 0.717) is 5.56 Å². The fourth-order valence-corrected chi connectivity index (χ4v) is 1.10. The topological polar surface area (TPSA) is 109 Å². The first-order valence-corrected chi connectivity index (χ1v) is 5.20. The molecule has 0 saturated heterocycles. The second-order valence-electron chi connectivity index (χ2n) is 3.47. The largest absolute Gasteiger partial charge is 0.274 e. The first-order chi connectivity index (χ1) is 8.97. The van der Waals surface area contributed by atoms with Crippen LogP contribution in [0.25, 0.3) is 0 Å². The molecular weight excluding hydrogens is 257 g/mol. The summed E-state index contributed by atoms with van der Waals surface area (Å²) >= 11 is 0. The zero-order valence-electron chi connectivity index (χ0n) is 10.0. The van der Waals surface area contributed by atoms with Crippen LogP contribution in [0.4, 0.5) is 4.39 Å². The van der Waals surface area contributed by atoms with Gasteiger partial charge in [-0.05, 0) is 17.7 Å². The van der Waals surface area contributed by atoms with Gasteiger partial charge in [0.1, 0.15) is 5.82 Å². The summed E-state index contributed by atoms with van der Waals surface area (Å²) in [5.74, 6) is -1.04. The molecule has 0 heterocycles. The number of rotatable bonds is 3. The van der Waals surface area contributed by atoms with Crippen molar-refractivity contribution >= 4 is 11.9 Å². The van der Waals surface area contributed by atoms with Crippen molar-refractivity contribution in [3.63, 3.8) is 0 Å². The minimum Gasteiger partial charge on any atom is -0.274 e. The highest BCUT2D eigenvalue weighted by Gasteiger charge is 2.05. The summed E-state index contributed by atoms with van der Waals surface area (Å²) in [6.07, 6.45) is 0. The molecule has 0 aliphatic heterocycles. The van der Waals surface area contributed by atoms with Crippen molar-refractivity contribution in [1.29, 1.82) is 0 Å². The van der Waals surface area contributed by atoms with E-state index in [9.17, 15) is 19.3 Å². The number of hydrazine groups is 2. The third-order valence-corrected chi connectivity index (χ3v) is 1.89. The second-order valence-corrected chi connectivity index (χ2v) is 3.47. The maximum atomic E-state index is 12.7. The van der Waals surface area contributed by atoms with E-state index in [0.717, 1.165) is 0 Å². The second kappa shape index (κ2) is 6.89. The molecule has 1 rings (SSSR count). The molecule has 0 saturated carbocycles. The number of nitro groups is 1. The van der Waals surface area contributed by atoms with Crippen molar-refractivity contribution in [3.05, 3.63) is 45.8 Å². The number of carbonyl (C=O) groups excluding carboxylic acids is 1. The van der Waals surface area contributed by atoms with Crippen LogP contribution in [0.5, 0.6) is 0 Å². The molecule has 8 nitrogen and oxygen atoms in total. The maximum absolute atomic E-state index is 12.7. The zero-order valence-corrected chi connectivity index (χ0v) is 10.0. The fourth-order valence-electron chi connectivity index (χ4n) is 1.10. The van der Waals surface area contributed by atoms with E-state index >= 15 is 0 Å². The highest BCUT2D eigenvalue weighted by atomic mass is 19.1. The molecule has 0 aliphatic rings. The molecule has 102 valence electrons. The van der Waals surface area contributed by atoms with Gasteiger partial charge in [-0.25, -0.2) is 19.5 Å². The summed E-state index contributed by atoms with van der Waals surface area (Å²) in [5.41, 5.74) is 6.86. The summed E-state index contributed by atoms with van der Waals surface area (Å²) in [7, 11) is 0. The lowest BCUT2D eigenvalue weighted by Gasteiger charge is -2.06. The van der Waals surface area contributed by atoms with Crippen molar-refractivity contribution in [2.24, 2.45) is 4.99 Å². The van der Waals surface area contributed by atoms with Gasteiger partial charge in [0.05, 0.1) is 6.54 Å². The van der Waals surface area contributed by atoms with Crippen LogP contribution < -0.4 is 16.3 Å². The summed E-state index contributed by atoms with van der Waals surface area (Å²) in [5, 5.41) is 9.50. The lowest BCUT2D eigenvalue weighted by atomic mass is 10.2. The van der Waals surface area contributed by atoms with Crippen molar-refractivity contribution in [1.82, 2.24) is 16.3 Å². The van der Waals surface area contributed by atoms with Crippen LogP contribution in [-0.2, 0) is 11.3 Å². The maximum Gasteiger partial charge on any atom is 0.273 e. The molecule has 0 radical (unpaired) electrons. The Bertz CT molecular complexity index is 488. The van der Waals surface area contributed by atoms with E-state index in [2.05, 4.69) is 15.8 Å². The standard InChI is InChI=1S/C10H12FN5O3/c1-7(17)13-14-10(15-16(18)19)12-6-8-2-4-9(11)5-3-8/h2-5H,6H2,1H3,(H,13,17)(H2,12,14,15). The Labute approximate surface area is 107 Å². The van der Waals surface area contributed by atoms with Crippen LogP contribution >= 0.6 is 0 Å². The van der Waals surface area contributed by atoms with Crippen LogP contribution in [0, 0.1) is 15.9 Å². The van der Waals surface area contributed by atoms with Crippen LogP contribution in [0.15, 0.2) is 29.3 Å². The Kier molecular flexibility index (Phi) is 5.20. The van der Waals surface area contributed by atoms with Crippen molar-refractivity contribution in [2.75, 3.05) is 0 Å². The van der Waals surface area contributed by atoms with Crippen LogP contribution in [0.3, 0.4) is 0 Å². The predicted octanol–water partition coefficient (Wildman–Crippen LogP) is 0.104. The molecule has 1 aromatic carbocycles. The molecule has 0 spiro atoms. The number of hydrogen-bond acceptors (Lipinski definition) is 4. The Balaban J connectivity index is 2.67. The van der Waals surface area contributed by atoms with E-state index in [4.69, 9.17) is 0 Å². The van der Waals surface area contributed by atoms with E-state index < -0.39 is 10.9 Å². The molecule has 1 aromatic rings. The SMILES string of the molecule is CC(=O)NNC(=NCc1ccc(F)cc1)N[N+](=O)[O-]. The van der Waals surface area contributed by atoms with Gasteiger partial charge in [0, 0.05) is 6.92 Å².